The highest BCUT2D eigenvalue weighted by molar-refractivity contribution is 6.32. The summed E-state index contributed by atoms with van der Waals surface area (Å²) in [6.07, 6.45) is -3.93. The van der Waals surface area contributed by atoms with E-state index >= 15 is 4.39 Å². The summed E-state index contributed by atoms with van der Waals surface area (Å²) < 4.78 is 85.7. The zero-order valence-electron chi connectivity index (χ0n) is 16.9. The van der Waals surface area contributed by atoms with E-state index in [2.05, 4.69) is 0 Å². The van der Waals surface area contributed by atoms with Crippen LogP contribution in [0.15, 0.2) is 12.1 Å². The molecule has 0 aliphatic heterocycles. The Morgan fingerprint density at radius 3 is 2.24 bits per heavy atom. The fourth-order valence-electron chi connectivity index (χ4n) is 4.05. The van der Waals surface area contributed by atoms with E-state index < -0.39 is 78.7 Å². The van der Waals surface area contributed by atoms with Crippen molar-refractivity contribution in [2.45, 2.75) is 62.3 Å². The number of terminal acetylenes is 1. The fourth-order valence-corrected chi connectivity index (χ4v) is 4.25. The van der Waals surface area contributed by atoms with Crippen molar-refractivity contribution in [1.82, 2.24) is 0 Å². The van der Waals surface area contributed by atoms with Crippen LogP contribution >= 0.6 is 11.6 Å². The molecule has 2 saturated carbocycles. The Hall–Kier alpha value is -2.61. The summed E-state index contributed by atoms with van der Waals surface area (Å²) in [5.41, 5.74) is -2.91. The van der Waals surface area contributed by atoms with Gasteiger partial charge in [0.15, 0.2) is 5.82 Å². The van der Waals surface area contributed by atoms with Gasteiger partial charge in [0.1, 0.15) is 11.3 Å². The molecule has 12 heteroatoms. The van der Waals surface area contributed by atoms with E-state index in [1.54, 1.807) is 5.92 Å². The number of nitrogens with zero attached hydrogens (tertiary/aromatic N) is 1. The molecule has 0 aromatic heterocycles. The van der Waals surface area contributed by atoms with Gasteiger partial charge in [-0.3, -0.25) is 9.69 Å². The van der Waals surface area contributed by atoms with E-state index in [0.717, 1.165) is 6.07 Å². The lowest BCUT2D eigenvalue weighted by atomic mass is 9.78. The predicted octanol–water partition coefficient (Wildman–Crippen LogP) is 5.20. The van der Waals surface area contributed by atoms with Crippen molar-refractivity contribution in [2.75, 3.05) is 4.90 Å². The summed E-state index contributed by atoms with van der Waals surface area (Å²) in [5.74, 6) is -7.47. The Balaban J connectivity index is 1.93. The largest absolute Gasteiger partial charge is 0.489 e. The number of halogens is 7. The van der Waals surface area contributed by atoms with Gasteiger partial charge < -0.3 is 9.84 Å². The van der Waals surface area contributed by atoms with Crippen molar-refractivity contribution >= 4 is 29.2 Å². The molecule has 0 atom stereocenters. The van der Waals surface area contributed by atoms with Gasteiger partial charge in [-0.2, -0.15) is 13.2 Å². The molecule has 0 saturated heterocycles. The summed E-state index contributed by atoms with van der Waals surface area (Å²) in [6, 6.07) is 1.54. The number of ether oxygens (including phenoxy) is 1. The molecule has 1 aromatic rings. The Bertz CT molecular complexity index is 990. The highest BCUT2D eigenvalue weighted by Gasteiger charge is 2.54. The average molecular weight is 498 g/mol. The smallest absolute Gasteiger partial charge is 0.392 e. The second-order valence-corrected chi connectivity index (χ2v) is 8.57. The minimum atomic E-state index is -4.38. The maximum Gasteiger partial charge on any atom is 0.392 e. The van der Waals surface area contributed by atoms with E-state index in [1.165, 1.54) is 0 Å². The molecular weight excluding hydrogens is 480 g/mol. The standard InChI is InChI=1S/C21H18ClF6NO4/c1-2-17(30)29(19(18(31)32)3-5-20(24,25)6-4-19)15-9-13(22)16(10-14(15)23)33-12-7-11(8-12)21(26,27)28/h1,9-12H,3-8H2,(H,31,32). The molecule has 0 spiro atoms. The number of anilines is 1. The van der Waals surface area contributed by atoms with Gasteiger partial charge >= 0.3 is 18.1 Å². The predicted molar refractivity (Wildman–Crippen MR) is 105 cm³/mol. The van der Waals surface area contributed by atoms with Crippen LogP contribution in [0.2, 0.25) is 5.02 Å². The SMILES string of the molecule is C#CC(=O)N(c1cc(Cl)c(OC2CC(C(F)(F)F)C2)cc1F)C1(C(=O)O)CCC(F)(F)CC1. The van der Waals surface area contributed by atoms with Gasteiger partial charge in [-0.05, 0) is 37.7 Å². The minimum Gasteiger partial charge on any atom is -0.489 e. The van der Waals surface area contributed by atoms with Crippen LogP contribution in [0, 0.1) is 24.1 Å². The summed E-state index contributed by atoms with van der Waals surface area (Å²) >= 11 is 6.08. The van der Waals surface area contributed by atoms with Crippen molar-refractivity contribution in [2.24, 2.45) is 5.92 Å². The minimum absolute atomic E-state index is 0.309. The van der Waals surface area contributed by atoms with Gasteiger partial charge in [0.2, 0.25) is 5.92 Å². The number of benzene rings is 1. The molecular formula is C21H18ClF6NO4. The molecule has 180 valence electrons. The molecule has 1 amide bonds. The first-order valence-electron chi connectivity index (χ1n) is 9.84. The maximum absolute atomic E-state index is 15.0. The van der Waals surface area contributed by atoms with Crippen LogP contribution in [0.25, 0.3) is 0 Å². The molecule has 0 heterocycles. The van der Waals surface area contributed by atoms with Crippen molar-refractivity contribution < 1.29 is 45.8 Å². The quantitative estimate of drug-likeness (QED) is 0.449. The summed E-state index contributed by atoms with van der Waals surface area (Å²) in [5, 5.41) is 9.50. The Kier molecular flexibility index (Phi) is 6.54. The molecule has 2 aliphatic rings. The van der Waals surface area contributed by atoms with Crippen LogP contribution in [0.1, 0.15) is 38.5 Å². The first kappa shape index (κ1) is 25.0. The number of carboxylic acid groups (broad SMARTS) is 1. The lowest BCUT2D eigenvalue weighted by Gasteiger charge is -2.44. The lowest BCUT2D eigenvalue weighted by Crippen LogP contribution is -2.60. The van der Waals surface area contributed by atoms with E-state index in [1.807, 2.05) is 0 Å². The molecule has 5 nitrogen and oxygen atoms in total. The number of hydrogen-bond donors (Lipinski definition) is 1. The molecule has 2 fully saturated rings. The van der Waals surface area contributed by atoms with Crippen LogP contribution in [0.3, 0.4) is 0 Å². The molecule has 2 aliphatic carbocycles. The van der Waals surface area contributed by atoms with Crippen LogP contribution in [0.4, 0.5) is 32.0 Å². The zero-order chi connectivity index (χ0) is 24.8. The monoisotopic (exact) mass is 497 g/mol. The third kappa shape index (κ3) is 4.86. The number of carbonyl (C=O) groups excluding carboxylic acids is 1. The number of hydrogen-bond acceptors (Lipinski definition) is 3. The van der Waals surface area contributed by atoms with Gasteiger partial charge in [-0.15, -0.1) is 6.42 Å². The van der Waals surface area contributed by atoms with Gasteiger partial charge in [-0.25, -0.2) is 18.0 Å². The summed E-state index contributed by atoms with van der Waals surface area (Å²) in [6.45, 7) is 0. The van der Waals surface area contributed by atoms with Crippen LogP contribution in [-0.2, 0) is 9.59 Å². The van der Waals surface area contributed by atoms with Gasteiger partial charge in [0.25, 0.3) is 0 Å². The second kappa shape index (κ2) is 8.63. The van der Waals surface area contributed by atoms with E-state index in [-0.39, 0.29) is 23.6 Å². The van der Waals surface area contributed by atoms with Crippen LogP contribution in [0.5, 0.6) is 5.75 Å². The Labute approximate surface area is 189 Å². The number of rotatable bonds is 5. The number of carboxylic acids is 1. The van der Waals surface area contributed by atoms with Gasteiger partial charge in [0.05, 0.1) is 22.7 Å². The molecule has 33 heavy (non-hydrogen) atoms. The van der Waals surface area contributed by atoms with Crippen molar-refractivity contribution in [3.05, 3.63) is 23.0 Å². The molecule has 0 unspecified atom stereocenters. The molecule has 0 bridgehead atoms. The lowest BCUT2D eigenvalue weighted by molar-refractivity contribution is -0.210. The van der Waals surface area contributed by atoms with Crippen molar-refractivity contribution in [1.29, 1.82) is 0 Å². The third-order valence-corrected chi connectivity index (χ3v) is 6.35. The van der Waals surface area contributed by atoms with Gasteiger partial charge in [-0.1, -0.05) is 11.6 Å². The van der Waals surface area contributed by atoms with Crippen LogP contribution in [-0.4, -0.2) is 40.7 Å². The fraction of sp³-hybridized carbons (Fsp3) is 0.524. The zero-order valence-corrected chi connectivity index (χ0v) is 17.7. The maximum atomic E-state index is 15.0. The first-order chi connectivity index (χ1) is 15.2. The first-order valence-corrected chi connectivity index (χ1v) is 10.2. The highest BCUT2D eigenvalue weighted by atomic mass is 35.5. The average Bonchev–Trinajstić information content (AvgIpc) is 2.67. The highest BCUT2D eigenvalue weighted by Crippen LogP contribution is 2.47. The third-order valence-electron chi connectivity index (χ3n) is 6.05. The summed E-state index contributed by atoms with van der Waals surface area (Å²) in [7, 11) is 0. The molecule has 3 rings (SSSR count). The normalized spacial score (nSPS) is 23.7. The molecule has 0 radical (unpaired) electrons. The van der Waals surface area contributed by atoms with E-state index in [9.17, 15) is 36.6 Å². The number of carbonyl (C=O) groups is 2. The number of aliphatic carboxylic acids is 1. The Morgan fingerprint density at radius 1 is 1.18 bits per heavy atom. The molecule has 1 aromatic carbocycles. The number of alkyl halides is 5. The van der Waals surface area contributed by atoms with E-state index in [4.69, 9.17) is 22.8 Å². The van der Waals surface area contributed by atoms with E-state index in [0.29, 0.717) is 11.0 Å². The number of amides is 1. The summed E-state index contributed by atoms with van der Waals surface area (Å²) in [4.78, 5) is 25.0. The second-order valence-electron chi connectivity index (χ2n) is 8.16. The van der Waals surface area contributed by atoms with Gasteiger partial charge in [0, 0.05) is 18.9 Å². The Morgan fingerprint density at radius 2 is 1.76 bits per heavy atom. The molecule has 1 N–H and O–H groups in total. The van der Waals surface area contributed by atoms with Crippen LogP contribution < -0.4 is 9.64 Å². The van der Waals surface area contributed by atoms with Crippen molar-refractivity contribution in [3.8, 4) is 18.1 Å². The topological polar surface area (TPSA) is 66.8 Å². The van der Waals surface area contributed by atoms with Crippen molar-refractivity contribution in [3.63, 3.8) is 0 Å².